The SMILES string of the molecule is Cc1ccc(-c2nsc(NC(=O)c3ccccc3Br)n2)cc1. The molecule has 6 heteroatoms. The molecule has 0 fully saturated rings. The molecule has 1 heterocycles. The molecule has 4 nitrogen and oxygen atoms in total. The quantitative estimate of drug-likeness (QED) is 0.733. The van der Waals surface area contributed by atoms with Crippen LogP contribution in [0.1, 0.15) is 15.9 Å². The van der Waals surface area contributed by atoms with Crippen molar-refractivity contribution in [3.8, 4) is 11.4 Å². The first-order valence-corrected chi connectivity index (χ1v) is 8.17. The van der Waals surface area contributed by atoms with E-state index in [9.17, 15) is 4.79 Å². The van der Waals surface area contributed by atoms with E-state index in [0.717, 1.165) is 10.0 Å². The minimum absolute atomic E-state index is 0.209. The number of nitrogens with zero attached hydrogens (tertiary/aromatic N) is 2. The van der Waals surface area contributed by atoms with Gasteiger partial charge in [0.2, 0.25) is 5.13 Å². The molecule has 0 aliphatic rings. The third-order valence-electron chi connectivity index (χ3n) is 3.07. The number of halogens is 1. The average molecular weight is 374 g/mol. The number of benzene rings is 2. The van der Waals surface area contributed by atoms with Crippen LogP contribution in [-0.2, 0) is 0 Å². The summed E-state index contributed by atoms with van der Waals surface area (Å²) in [6, 6.07) is 15.2. The van der Waals surface area contributed by atoms with Crippen LogP contribution in [0.25, 0.3) is 11.4 Å². The molecule has 0 saturated heterocycles. The lowest BCUT2D eigenvalue weighted by atomic mass is 10.1. The number of anilines is 1. The lowest BCUT2D eigenvalue weighted by Gasteiger charge is -2.03. The van der Waals surface area contributed by atoms with Crippen molar-refractivity contribution < 1.29 is 4.79 Å². The second kappa shape index (κ2) is 6.37. The molecule has 0 spiro atoms. The number of amides is 1. The van der Waals surface area contributed by atoms with Gasteiger partial charge in [-0.2, -0.15) is 9.36 Å². The maximum atomic E-state index is 12.2. The van der Waals surface area contributed by atoms with Gasteiger partial charge in [-0.3, -0.25) is 10.1 Å². The van der Waals surface area contributed by atoms with E-state index in [0.29, 0.717) is 16.5 Å². The number of aromatic nitrogens is 2. The lowest BCUT2D eigenvalue weighted by molar-refractivity contribution is 0.102. The van der Waals surface area contributed by atoms with E-state index in [1.165, 1.54) is 17.1 Å². The number of carbonyl (C=O) groups is 1. The van der Waals surface area contributed by atoms with E-state index in [-0.39, 0.29) is 5.91 Å². The maximum Gasteiger partial charge on any atom is 0.258 e. The summed E-state index contributed by atoms with van der Waals surface area (Å²) in [6.07, 6.45) is 0. The van der Waals surface area contributed by atoms with Gasteiger partial charge in [-0.15, -0.1) is 0 Å². The summed E-state index contributed by atoms with van der Waals surface area (Å²) >= 11 is 4.53. The maximum absolute atomic E-state index is 12.2. The van der Waals surface area contributed by atoms with Gasteiger partial charge in [0.15, 0.2) is 5.82 Å². The summed E-state index contributed by atoms with van der Waals surface area (Å²) in [5, 5.41) is 3.26. The van der Waals surface area contributed by atoms with Crippen molar-refractivity contribution in [1.29, 1.82) is 0 Å². The molecule has 0 aliphatic heterocycles. The smallest absolute Gasteiger partial charge is 0.258 e. The Morgan fingerprint density at radius 1 is 1.14 bits per heavy atom. The second-order valence-electron chi connectivity index (χ2n) is 4.72. The van der Waals surface area contributed by atoms with Gasteiger partial charge in [0.05, 0.1) is 5.56 Å². The molecule has 3 rings (SSSR count). The van der Waals surface area contributed by atoms with Gasteiger partial charge in [-0.05, 0) is 35.0 Å². The van der Waals surface area contributed by atoms with Crippen molar-refractivity contribution in [3.63, 3.8) is 0 Å². The van der Waals surface area contributed by atoms with Gasteiger partial charge in [0.25, 0.3) is 5.91 Å². The minimum atomic E-state index is -0.209. The van der Waals surface area contributed by atoms with Crippen LogP contribution in [0.3, 0.4) is 0 Å². The molecule has 0 aliphatic carbocycles. The predicted octanol–water partition coefficient (Wildman–Crippen LogP) is 4.53. The number of aryl methyl sites for hydroxylation is 1. The van der Waals surface area contributed by atoms with Crippen molar-refractivity contribution >= 4 is 38.5 Å². The van der Waals surface area contributed by atoms with Gasteiger partial charge < -0.3 is 0 Å². The van der Waals surface area contributed by atoms with Crippen molar-refractivity contribution in [3.05, 3.63) is 64.1 Å². The van der Waals surface area contributed by atoms with Gasteiger partial charge in [0, 0.05) is 21.6 Å². The highest BCUT2D eigenvalue weighted by Crippen LogP contribution is 2.23. The molecule has 110 valence electrons. The first-order valence-electron chi connectivity index (χ1n) is 6.60. The van der Waals surface area contributed by atoms with Gasteiger partial charge in [-0.25, -0.2) is 0 Å². The number of carbonyl (C=O) groups excluding carboxylic acids is 1. The highest BCUT2D eigenvalue weighted by Gasteiger charge is 2.13. The zero-order valence-corrected chi connectivity index (χ0v) is 14.1. The molecule has 1 N–H and O–H groups in total. The molecule has 3 aromatic rings. The largest absolute Gasteiger partial charge is 0.297 e. The summed E-state index contributed by atoms with van der Waals surface area (Å²) in [7, 11) is 0. The Labute approximate surface area is 140 Å². The molecule has 22 heavy (non-hydrogen) atoms. The fourth-order valence-corrected chi connectivity index (χ4v) is 2.95. The Kier molecular flexibility index (Phi) is 4.31. The van der Waals surface area contributed by atoms with Crippen LogP contribution in [0, 0.1) is 6.92 Å². The number of nitrogens with one attached hydrogen (secondary N) is 1. The van der Waals surface area contributed by atoms with Crippen LogP contribution in [0.2, 0.25) is 0 Å². The summed E-state index contributed by atoms with van der Waals surface area (Å²) in [4.78, 5) is 16.6. The van der Waals surface area contributed by atoms with Crippen LogP contribution in [0.4, 0.5) is 5.13 Å². The van der Waals surface area contributed by atoms with Crippen LogP contribution in [0.15, 0.2) is 53.0 Å². The van der Waals surface area contributed by atoms with Crippen molar-refractivity contribution in [2.24, 2.45) is 0 Å². The third-order valence-corrected chi connectivity index (χ3v) is 4.40. The predicted molar refractivity (Wildman–Crippen MR) is 92.2 cm³/mol. The molecule has 1 aromatic heterocycles. The van der Waals surface area contributed by atoms with Gasteiger partial charge >= 0.3 is 0 Å². The van der Waals surface area contributed by atoms with Crippen molar-refractivity contribution in [2.45, 2.75) is 6.92 Å². The van der Waals surface area contributed by atoms with E-state index in [1.54, 1.807) is 6.07 Å². The standard InChI is InChI=1S/C16H12BrN3OS/c1-10-6-8-11(9-7-10)14-18-16(22-20-14)19-15(21)12-4-2-3-5-13(12)17/h2-9H,1H3,(H,18,19,20,21). The molecular formula is C16H12BrN3OS. The fourth-order valence-electron chi connectivity index (χ4n) is 1.90. The molecule has 0 saturated carbocycles. The summed E-state index contributed by atoms with van der Waals surface area (Å²) in [6.45, 7) is 2.03. The van der Waals surface area contributed by atoms with Gasteiger partial charge in [0.1, 0.15) is 0 Å². The zero-order valence-electron chi connectivity index (χ0n) is 11.7. The first-order chi connectivity index (χ1) is 10.6. The fraction of sp³-hybridized carbons (Fsp3) is 0.0625. The first kappa shape index (κ1) is 14.9. The molecule has 1 amide bonds. The highest BCUT2D eigenvalue weighted by atomic mass is 79.9. The van der Waals surface area contributed by atoms with E-state index >= 15 is 0 Å². The molecule has 2 aromatic carbocycles. The molecule has 0 atom stereocenters. The van der Waals surface area contributed by atoms with Gasteiger partial charge in [-0.1, -0.05) is 42.0 Å². The normalized spacial score (nSPS) is 10.5. The summed E-state index contributed by atoms with van der Waals surface area (Å²) in [5.74, 6) is 0.409. The monoisotopic (exact) mass is 373 g/mol. The van der Waals surface area contributed by atoms with Crippen molar-refractivity contribution in [2.75, 3.05) is 5.32 Å². The van der Waals surface area contributed by atoms with E-state index in [2.05, 4.69) is 30.6 Å². The molecule has 0 radical (unpaired) electrons. The van der Waals surface area contributed by atoms with Crippen LogP contribution < -0.4 is 5.32 Å². The summed E-state index contributed by atoms with van der Waals surface area (Å²) < 4.78 is 5.04. The number of rotatable bonds is 3. The Bertz CT molecular complexity index is 814. The van der Waals surface area contributed by atoms with Crippen LogP contribution in [-0.4, -0.2) is 15.3 Å². The Balaban J connectivity index is 1.78. The number of hydrogen-bond donors (Lipinski definition) is 1. The molecule has 0 bridgehead atoms. The molecular weight excluding hydrogens is 362 g/mol. The minimum Gasteiger partial charge on any atom is -0.297 e. The summed E-state index contributed by atoms with van der Waals surface area (Å²) in [5.41, 5.74) is 2.68. The molecule has 0 unspecified atom stereocenters. The third kappa shape index (κ3) is 3.23. The average Bonchev–Trinajstić information content (AvgIpc) is 2.97. The van der Waals surface area contributed by atoms with E-state index in [1.807, 2.05) is 49.4 Å². The topological polar surface area (TPSA) is 54.9 Å². The van der Waals surface area contributed by atoms with Crippen LogP contribution >= 0.6 is 27.5 Å². The number of hydrogen-bond acceptors (Lipinski definition) is 4. The lowest BCUT2D eigenvalue weighted by Crippen LogP contribution is -2.12. The Hall–Kier alpha value is -2.05. The highest BCUT2D eigenvalue weighted by molar-refractivity contribution is 9.10. The Morgan fingerprint density at radius 2 is 1.86 bits per heavy atom. The second-order valence-corrected chi connectivity index (χ2v) is 6.33. The van der Waals surface area contributed by atoms with E-state index < -0.39 is 0 Å². The van der Waals surface area contributed by atoms with E-state index in [4.69, 9.17) is 0 Å². The Morgan fingerprint density at radius 3 is 2.59 bits per heavy atom. The van der Waals surface area contributed by atoms with Crippen molar-refractivity contribution in [1.82, 2.24) is 9.36 Å². The van der Waals surface area contributed by atoms with Crippen LogP contribution in [0.5, 0.6) is 0 Å². The zero-order chi connectivity index (χ0) is 15.5.